The lowest BCUT2D eigenvalue weighted by Gasteiger charge is -2.28. The summed E-state index contributed by atoms with van der Waals surface area (Å²) in [4.78, 5) is 2.21. The van der Waals surface area contributed by atoms with Crippen LogP contribution in [0.3, 0.4) is 0 Å². The highest BCUT2D eigenvalue weighted by molar-refractivity contribution is 4.93. The third-order valence-corrected chi connectivity index (χ3v) is 2.96. The highest BCUT2D eigenvalue weighted by Crippen LogP contribution is 2.16. The topological polar surface area (TPSA) is 3.24 Å². The van der Waals surface area contributed by atoms with Gasteiger partial charge in [0.05, 0.1) is 26.3 Å². The van der Waals surface area contributed by atoms with Crippen molar-refractivity contribution in [3.8, 4) is 12.3 Å². The van der Waals surface area contributed by atoms with Crippen LogP contribution in [0, 0.1) is 12.3 Å². The average Bonchev–Trinajstić information content (AvgIpc) is 2.57. The molecule has 84 valence electrons. The highest BCUT2D eigenvalue weighted by Gasteiger charge is 2.25. The summed E-state index contributed by atoms with van der Waals surface area (Å²) in [7, 11) is 2.28. The van der Waals surface area contributed by atoms with E-state index in [0.717, 1.165) is 17.7 Å². The first-order valence-electron chi connectivity index (χ1n) is 5.91. The Bertz CT molecular complexity index is 252. The van der Waals surface area contributed by atoms with E-state index in [-0.39, 0.29) is 0 Å². The minimum atomic E-state index is 0.735. The average molecular weight is 207 g/mol. The normalized spacial score (nSPS) is 24.5. The predicted octanol–water partition coefficient (Wildman–Crippen LogP) is 2.39. The van der Waals surface area contributed by atoms with Crippen LogP contribution in [-0.4, -0.2) is 36.2 Å². The van der Waals surface area contributed by atoms with Crippen molar-refractivity contribution in [1.82, 2.24) is 4.90 Å². The summed E-state index contributed by atoms with van der Waals surface area (Å²) in [5, 5.41) is 0. The number of unbranched alkanes of at least 4 members (excludes halogenated alkanes) is 3. The van der Waals surface area contributed by atoms with Crippen molar-refractivity contribution in [3.63, 3.8) is 0 Å². The Hall–Kier alpha value is -0.940. The molecule has 1 atom stereocenters. The van der Waals surface area contributed by atoms with Crippen LogP contribution >= 0.6 is 0 Å². The van der Waals surface area contributed by atoms with Crippen LogP contribution < -0.4 is 0 Å². The van der Waals surface area contributed by atoms with E-state index in [1.807, 2.05) is 0 Å². The molecule has 2 nitrogen and oxygen atoms in total. The molecule has 15 heavy (non-hydrogen) atoms. The summed E-state index contributed by atoms with van der Waals surface area (Å²) in [6, 6.07) is 0. The second-order valence-electron chi connectivity index (χ2n) is 4.65. The monoisotopic (exact) mass is 207 g/mol. The van der Waals surface area contributed by atoms with Gasteiger partial charge in [-0.25, -0.2) is 0 Å². The fourth-order valence-corrected chi connectivity index (χ4v) is 2.03. The highest BCUT2D eigenvalue weighted by atomic mass is 15.5. The predicted molar refractivity (Wildman–Crippen MR) is 64.7 cm³/mol. The van der Waals surface area contributed by atoms with Gasteiger partial charge in [0, 0.05) is 0 Å². The first kappa shape index (κ1) is 12.1. The molecule has 0 spiro atoms. The van der Waals surface area contributed by atoms with Crippen LogP contribution in [0.25, 0.3) is 0 Å². The summed E-state index contributed by atoms with van der Waals surface area (Å²) in [6.07, 6.45) is 15.0. The van der Waals surface area contributed by atoms with Gasteiger partial charge >= 0.3 is 0 Å². The molecule has 1 heterocycles. The molecule has 1 aliphatic heterocycles. The van der Waals surface area contributed by atoms with Crippen molar-refractivity contribution in [2.45, 2.75) is 32.6 Å². The van der Waals surface area contributed by atoms with Gasteiger partial charge in [0.25, 0.3) is 0 Å². The summed E-state index contributed by atoms with van der Waals surface area (Å²) in [5.74, 6) is 2.69. The zero-order valence-corrected chi connectivity index (χ0v) is 10.1. The van der Waals surface area contributed by atoms with Crippen LogP contribution in [0.5, 0.6) is 0 Å². The molecule has 0 bridgehead atoms. The van der Waals surface area contributed by atoms with Crippen molar-refractivity contribution >= 4 is 0 Å². The molecule has 0 aromatic rings. The summed E-state index contributed by atoms with van der Waals surface area (Å²) in [6.45, 7) is 5.26. The van der Waals surface area contributed by atoms with Gasteiger partial charge in [-0.15, -0.1) is 6.42 Å². The Morgan fingerprint density at radius 1 is 1.40 bits per heavy atom. The van der Waals surface area contributed by atoms with Gasteiger partial charge in [-0.2, -0.15) is 0 Å². The van der Waals surface area contributed by atoms with E-state index in [1.165, 1.54) is 32.2 Å². The largest absolute Gasteiger partial charge is 0.315 e. The fourth-order valence-electron chi connectivity index (χ4n) is 2.03. The van der Waals surface area contributed by atoms with Crippen molar-refractivity contribution in [3.05, 3.63) is 12.4 Å². The summed E-state index contributed by atoms with van der Waals surface area (Å²) in [5.41, 5.74) is 0. The van der Waals surface area contributed by atoms with E-state index in [1.54, 1.807) is 0 Å². The molecule has 0 fully saturated rings. The van der Waals surface area contributed by atoms with E-state index in [0.29, 0.717) is 0 Å². The lowest BCUT2D eigenvalue weighted by Crippen LogP contribution is -2.41. The smallest absolute Gasteiger partial charge is 0.159 e. The maximum atomic E-state index is 5.30. The molecule has 1 rings (SSSR count). The number of hydrogen-bond donors (Lipinski definition) is 0. The van der Waals surface area contributed by atoms with Gasteiger partial charge in [0.15, 0.2) is 6.67 Å². The number of rotatable bonds is 6. The third kappa shape index (κ3) is 3.97. The SMILES string of the molecule is C#CCN1C=C[N+](C)(CCCCCC)C1. The molecule has 0 saturated carbocycles. The molecular weight excluding hydrogens is 184 g/mol. The van der Waals surface area contributed by atoms with E-state index in [2.05, 4.69) is 37.2 Å². The van der Waals surface area contributed by atoms with Crippen LogP contribution in [0.2, 0.25) is 0 Å². The number of quaternary nitrogens is 1. The molecule has 2 heteroatoms. The Kier molecular flexibility index (Phi) is 4.71. The van der Waals surface area contributed by atoms with Gasteiger partial charge < -0.3 is 4.90 Å². The minimum absolute atomic E-state index is 0.735. The number of nitrogens with zero attached hydrogens (tertiary/aromatic N) is 2. The van der Waals surface area contributed by atoms with Gasteiger partial charge in [-0.1, -0.05) is 25.7 Å². The minimum Gasteiger partial charge on any atom is -0.315 e. The zero-order chi connectivity index (χ0) is 11.1. The summed E-state index contributed by atoms with van der Waals surface area (Å²) >= 11 is 0. The van der Waals surface area contributed by atoms with E-state index < -0.39 is 0 Å². The molecule has 1 aliphatic rings. The first-order valence-corrected chi connectivity index (χ1v) is 5.91. The zero-order valence-electron chi connectivity index (χ0n) is 10.1. The van der Waals surface area contributed by atoms with E-state index in [4.69, 9.17) is 6.42 Å². The van der Waals surface area contributed by atoms with Crippen molar-refractivity contribution in [2.75, 3.05) is 26.8 Å². The Morgan fingerprint density at radius 2 is 2.20 bits per heavy atom. The van der Waals surface area contributed by atoms with Gasteiger partial charge in [0.2, 0.25) is 0 Å². The molecule has 0 aliphatic carbocycles. The fraction of sp³-hybridized carbons (Fsp3) is 0.692. The third-order valence-electron chi connectivity index (χ3n) is 2.96. The van der Waals surface area contributed by atoms with Gasteiger partial charge in [-0.3, -0.25) is 4.48 Å². The Morgan fingerprint density at radius 3 is 2.87 bits per heavy atom. The molecule has 0 N–H and O–H groups in total. The van der Waals surface area contributed by atoms with Crippen molar-refractivity contribution in [1.29, 1.82) is 0 Å². The van der Waals surface area contributed by atoms with Crippen LogP contribution in [0.4, 0.5) is 0 Å². The van der Waals surface area contributed by atoms with Gasteiger partial charge in [0.1, 0.15) is 6.20 Å². The van der Waals surface area contributed by atoms with Crippen LogP contribution in [-0.2, 0) is 0 Å². The lowest BCUT2D eigenvalue weighted by molar-refractivity contribution is -0.861. The Balaban J connectivity index is 2.24. The molecule has 0 saturated heterocycles. The standard InChI is InChI=1S/C13H23N2/c1-4-6-7-8-11-15(3)12-10-14(13-15)9-5-2/h2,10,12H,4,6-9,11,13H2,1,3H3/q+1. The van der Waals surface area contributed by atoms with E-state index >= 15 is 0 Å². The van der Waals surface area contributed by atoms with Crippen LogP contribution in [0.15, 0.2) is 12.4 Å². The quantitative estimate of drug-likeness (QED) is 0.367. The van der Waals surface area contributed by atoms with Gasteiger partial charge in [-0.05, 0) is 12.8 Å². The molecule has 1 unspecified atom stereocenters. The molecular formula is C13H23N2+. The maximum absolute atomic E-state index is 5.30. The second kappa shape index (κ2) is 5.82. The first-order chi connectivity index (χ1) is 7.20. The van der Waals surface area contributed by atoms with Crippen molar-refractivity contribution < 1.29 is 4.48 Å². The van der Waals surface area contributed by atoms with Crippen molar-refractivity contribution in [2.24, 2.45) is 0 Å². The summed E-state index contributed by atoms with van der Waals surface area (Å²) < 4.78 is 1.02. The Labute approximate surface area is 94.2 Å². The second-order valence-corrected chi connectivity index (χ2v) is 4.65. The molecule has 0 amide bonds. The molecule has 0 aromatic carbocycles. The molecule has 0 radical (unpaired) electrons. The van der Waals surface area contributed by atoms with E-state index in [9.17, 15) is 0 Å². The number of hydrogen-bond acceptors (Lipinski definition) is 1. The van der Waals surface area contributed by atoms with Crippen LogP contribution in [0.1, 0.15) is 32.6 Å². The lowest BCUT2D eigenvalue weighted by atomic mass is 10.2. The molecule has 0 aromatic heterocycles. The maximum Gasteiger partial charge on any atom is 0.159 e. The number of terminal acetylenes is 1.